The molecule has 1 aliphatic heterocycles. The molecule has 0 aromatic carbocycles. The molecule has 0 N–H and O–H groups in total. The van der Waals surface area contributed by atoms with Crippen molar-refractivity contribution < 1.29 is 14.3 Å². The summed E-state index contributed by atoms with van der Waals surface area (Å²) in [6, 6.07) is 5.11. The molecule has 3 heterocycles. The maximum absolute atomic E-state index is 12.7. The van der Waals surface area contributed by atoms with Gasteiger partial charge in [-0.1, -0.05) is 0 Å². The van der Waals surface area contributed by atoms with Gasteiger partial charge in [-0.3, -0.25) is 9.78 Å². The van der Waals surface area contributed by atoms with Crippen molar-refractivity contribution in [2.75, 3.05) is 45.4 Å². The molecule has 0 aliphatic carbocycles. The molecule has 0 bridgehead atoms. The highest BCUT2D eigenvalue weighted by molar-refractivity contribution is 5.78. The number of carbonyl (C=O) groups is 1. The fourth-order valence-corrected chi connectivity index (χ4v) is 2.73. The number of amides is 1. The Labute approximate surface area is 152 Å². The van der Waals surface area contributed by atoms with Gasteiger partial charge in [0.25, 0.3) is 5.91 Å². The van der Waals surface area contributed by atoms with E-state index in [0.29, 0.717) is 31.3 Å². The molecule has 138 valence electrons. The van der Waals surface area contributed by atoms with Gasteiger partial charge < -0.3 is 19.3 Å². The first kappa shape index (κ1) is 18.1. The van der Waals surface area contributed by atoms with Crippen molar-refractivity contribution in [2.45, 2.75) is 13.0 Å². The lowest BCUT2D eigenvalue weighted by Crippen LogP contribution is -2.46. The van der Waals surface area contributed by atoms with E-state index in [1.165, 1.54) is 0 Å². The molecule has 1 fully saturated rings. The van der Waals surface area contributed by atoms with Crippen LogP contribution in [0, 0.1) is 6.92 Å². The average Bonchev–Trinajstić information content (AvgIpc) is 2.66. The molecule has 0 spiro atoms. The number of rotatable bonds is 5. The number of ether oxygens (including phenoxy) is 2. The van der Waals surface area contributed by atoms with Gasteiger partial charge in [-0.25, -0.2) is 9.97 Å². The Morgan fingerprint density at radius 3 is 3.00 bits per heavy atom. The Balaban J connectivity index is 1.76. The molecule has 0 unspecified atom stereocenters. The lowest BCUT2D eigenvalue weighted by atomic mass is 10.2. The van der Waals surface area contributed by atoms with E-state index in [-0.39, 0.29) is 18.6 Å². The van der Waals surface area contributed by atoms with Gasteiger partial charge in [0.05, 0.1) is 19.4 Å². The van der Waals surface area contributed by atoms with E-state index in [0.717, 1.165) is 11.5 Å². The fraction of sp³-hybridized carbons (Fsp3) is 0.444. The van der Waals surface area contributed by atoms with Gasteiger partial charge >= 0.3 is 0 Å². The van der Waals surface area contributed by atoms with Crippen LogP contribution in [-0.2, 0) is 9.53 Å². The van der Waals surface area contributed by atoms with E-state index >= 15 is 0 Å². The predicted molar refractivity (Wildman–Crippen MR) is 96.1 cm³/mol. The highest BCUT2D eigenvalue weighted by atomic mass is 16.5. The van der Waals surface area contributed by atoms with Crippen molar-refractivity contribution in [3.63, 3.8) is 0 Å². The largest absolute Gasteiger partial charge is 0.482 e. The van der Waals surface area contributed by atoms with Crippen LogP contribution in [0.3, 0.4) is 0 Å². The van der Waals surface area contributed by atoms with Gasteiger partial charge in [-0.2, -0.15) is 0 Å². The third kappa shape index (κ3) is 4.26. The van der Waals surface area contributed by atoms with Crippen molar-refractivity contribution >= 4 is 11.7 Å². The Morgan fingerprint density at radius 1 is 1.42 bits per heavy atom. The van der Waals surface area contributed by atoms with Crippen LogP contribution in [-0.4, -0.2) is 66.2 Å². The van der Waals surface area contributed by atoms with Crippen LogP contribution in [0.5, 0.6) is 5.75 Å². The lowest BCUT2D eigenvalue weighted by Gasteiger charge is -2.34. The summed E-state index contributed by atoms with van der Waals surface area (Å²) >= 11 is 0. The van der Waals surface area contributed by atoms with Crippen molar-refractivity contribution in [1.82, 2.24) is 19.9 Å². The summed E-state index contributed by atoms with van der Waals surface area (Å²) in [5.74, 6) is 1.83. The minimum atomic E-state index is -0.327. The SMILES string of the molecule is Cc1cc(N(C)C)nc([C@H]2COCCN2C(=O)COc2cccnc2)n1. The van der Waals surface area contributed by atoms with E-state index in [4.69, 9.17) is 9.47 Å². The number of aryl methyl sites for hydroxylation is 1. The zero-order valence-corrected chi connectivity index (χ0v) is 15.3. The summed E-state index contributed by atoms with van der Waals surface area (Å²) in [7, 11) is 3.85. The summed E-state index contributed by atoms with van der Waals surface area (Å²) in [4.78, 5) is 29.5. The number of hydrogen-bond acceptors (Lipinski definition) is 7. The van der Waals surface area contributed by atoms with Gasteiger partial charge in [0.1, 0.15) is 17.6 Å². The van der Waals surface area contributed by atoms with Crippen LogP contribution in [0.4, 0.5) is 5.82 Å². The minimum absolute atomic E-state index is 0.0610. The zero-order chi connectivity index (χ0) is 18.5. The second-order valence-electron chi connectivity index (χ2n) is 6.28. The number of morpholine rings is 1. The van der Waals surface area contributed by atoms with E-state index < -0.39 is 0 Å². The van der Waals surface area contributed by atoms with Crippen LogP contribution < -0.4 is 9.64 Å². The van der Waals surface area contributed by atoms with Crippen molar-refractivity contribution in [3.8, 4) is 5.75 Å². The molecule has 2 aromatic rings. The van der Waals surface area contributed by atoms with E-state index in [9.17, 15) is 4.79 Å². The van der Waals surface area contributed by atoms with Crippen LogP contribution in [0.1, 0.15) is 17.6 Å². The maximum atomic E-state index is 12.7. The Hall–Kier alpha value is -2.74. The molecule has 26 heavy (non-hydrogen) atoms. The number of hydrogen-bond donors (Lipinski definition) is 0. The third-order valence-electron chi connectivity index (χ3n) is 4.06. The van der Waals surface area contributed by atoms with Crippen LogP contribution >= 0.6 is 0 Å². The first-order valence-electron chi connectivity index (χ1n) is 8.47. The zero-order valence-electron chi connectivity index (χ0n) is 15.3. The van der Waals surface area contributed by atoms with Gasteiger partial charge in [-0.05, 0) is 19.1 Å². The number of anilines is 1. The summed E-state index contributed by atoms with van der Waals surface area (Å²) in [6.45, 7) is 3.19. The van der Waals surface area contributed by atoms with Crippen molar-refractivity contribution in [1.29, 1.82) is 0 Å². The van der Waals surface area contributed by atoms with E-state index in [1.807, 2.05) is 32.0 Å². The number of aromatic nitrogens is 3. The lowest BCUT2D eigenvalue weighted by molar-refractivity contribution is -0.142. The Kier molecular flexibility index (Phi) is 5.62. The first-order chi connectivity index (χ1) is 12.5. The number of pyridine rings is 1. The molecule has 3 rings (SSSR count). The van der Waals surface area contributed by atoms with Crippen molar-refractivity contribution in [2.24, 2.45) is 0 Å². The highest BCUT2D eigenvalue weighted by Gasteiger charge is 2.31. The number of carbonyl (C=O) groups excluding carboxylic acids is 1. The van der Waals surface area contributed by atoms with Gasteiger partial charge in [0.2, 0.25) is 0 Å². The number of nitrogens with zero attached hydrogens (tertiary/aromatic N) is 5. The summed E-state index contributed by atoms with van der Waals surface area (Å²) in [5.41, 5.74) is 0.850. The Bertz CT molecular complexity index is 754. The quantitative estimate of drug-likeness (QED) is 0.796. The molecule has 2 aromatic heterocycles. The van der Waals surface area contributed by atoms with Gasteiger partial charge in [-0.15, -0.1) is 0 Å². The molecule has 1 saturated heterocycles. The molecule has 8 nitrogen and oxygen atoms in total. The summed E-state index contributed by atoms with van der Waals surface area (Å²) in [5, 5.41) is 0. The van der Waals surface area contributed by atoms with Gasteiger partial charge in [0, 0.05) is 38.6 Å². The minimum Gasteiger partial charge on any atom is -0.482 e. The fourth-order valence-electron chi connectivity index (χ4n) is 2.73. The van der Waals surface area contributed by atoms with Gasteiger partial charge in [0.15, 0.2) is 12.4 Å². The first-order valence-corrected chi connectivity index (χ1v) is 8.47. The predicted octanol–water partition coefficient (Wildman–Crippen LogP) is 1.22. The smallest absolute Gasteiger partial charge is 0.261 e. The normalized spacial score (nSPS) is 17.0. The van der Waals surface area contributed by atoms with E-state index in [1.54, 1.807) is 29.4 Å². The molecule has 8 heteroatoms. The molecule has 1 amide bonds. The topological polar surface area (TPSA) is 80.7 Å². The third-order valence-corrected chi connectivity index (χ3v) is 4.06. The van der Waals surface area contributed by atoms with Crippen molar-refractivity contribution in [3.05, 3.63) is 42.1 Å². The monoisotopic (exact) mass is 357 g/mol. The summed E-state index contributed by atoms with van der Waals surface area (Å²) < 4.78 is 11.1. The van der Waals surface area contributed by atoms with Crippen LogP contribution in [0.2, 0.25) is 0 Å². The second-order valence-corrected chi connectivity index (χ2v) is 6.28. The average molecular weight is 357 g/mol. The molecule has 0 radical (unpaired) electrons. The summed E-state index contributed by atoms with van der Waals surface area (Å²) in [6.07, 6.45) is 3.24. The Morgan fingerprint density at radius 2 is 2.27 bits per heavy atom. The molecule has 1 atom stereocenters. The van der Waals surface area contributed by atoms with E-state index in [2.05, 4.69) is 15.0 Å². The van der Waals surface area contributed by atoms with Crippen LogP contribution in [0.15, 0.2) is 30.6 Å². The maximum Gasteiger partial charge on any atom is 0.261 e. The standard InChI is InChI=1S/C18H23N5O3/c1-13-9-16(22(2)3)21-18(20-13)15-11-25-8-7-23(15)17(24)12-26-14-5-4-6-19-10-14/h4-6,9-10,15H,7-8,11-12H2,1-3H3/t15-/m1/s1. The molecule has 0 saturated carbocycles. The molecular weight excluding hydrogens is 334 g/mol. The molecule has 1 aliphatic rings. The molecular formula is C18H23N5O3. The highest BCUT2D eigenvalue weighted by Crippen LogP contribution is 2.24. The van der Waals surface area contributed by atoms with Crippen LogP contribution in [0.25, 0.3) is 0 Å². The second kappa shape index (κ2) is 8.09.